The van der Waals surface area contributed by atoms with E-state index in [0.29, 0.717) is 5.56 Å². The van der Waals surface area contributed by atoms with Crippen LogP contribution in [0.1, 0.15) is 33.3 Å². The molecule has 1 aromatic rings. The Kier molecular flexibility index (Phi) is 3.60. The summed E-state index contributed by atoms with van der Waals surface area (Å²) in [6.07, 6.45) is 1.63. The van der Waals surface area contributed by atoms with Crippen molar-refractivity contribution in [2.75, 3.05) is 7.11 Å². The van der Waals surface area contributed by atoms with Gasteiger partial charge in [0.2, 0.25) is 0 Å². The van der Waals surface area contributed by atoms with Crippen LogP contribution in [0.4, 0.5) is 0 Å². The van der Waals surface area contributed by atoms with Crippen molar-refractivity contribution < 1.29 is 14.0 Å². The highest BCUT2D eigenvalue weighted by Gasteiger charge is 2.51. The zero-order valence-electron chi connectivity index (χ0n) is 12.1. The molecule has 5 nitrogen and oxygen atoms in total. The van der Waals surface area contributed by atoms with E-state index < -0.39 is 18.3 Å². The summed E-state index contributed by atoms with van der Waals surface area (Å²) in [7, 11) is 1.08. The number of nitrogens with one attached hydrogen (secondary N) is 1. The van der Waals surface area contributed by atoms with Gasteiger partial charge in [-0.15, -0.1) is 0 Å². The summed E-state index contributed by atoms with van der Waals surface area (Å²) >= 11 is 0. The number of aromatic amines is 1. The van der Waals surface area contributed by atoms with E-state index in [0.717, 1.165) is 5.46 Å². The van der Waals surface area contributed by atoms with Crippen molar-refractivity contribution in [3.63, 3.8) is 0 Å². The standard InChI is InChI=1S/C13H20BNO4/c1-12(2)13(3,4)19-14(18-12)10-6-9(8-17-5)11(16)15-7-10/h6-7H,8H2,1-5H3,(H,15,16). The molecule has 1 aliphatic heterocycles. The highest BCUT2D eigenvalue weighted by molar-refractivity contribution is 6.62. The van der Waals surface area contributed by atoms with Gasteiger partial charge in [0, 0.05) is 18.9 Å². The number of methoxy groups -OCH3 is 1. The first kappa shape index (κ1) is 14.3. The van der Waals surface area contributed by atoms with Gasteiger partial charge in [0.15, 0.2) is 0 Å². The Bertz CT molecular complexity index is 508. The van der Waals surface area contributed by atoms with Crippen LogP contribution in [-0.2, 0) is 20.7 Å². The van der Waals surface area contributed by atoms with Crippen LogP contribution >= 0.6 is 0 Å². The van der Waals surface area contributed by atoms with Crippen molar-refractivity contribution >= 4 is 12.6 Å². The molecule has 0 radical (unpaired) electrons. The van der Waals surface area contributed by atoms with Crippen molar-refractivity contribution in [1.82, 2.24) is 4.98 Å². The lowest BCUT2D eigenvalue weighted by Crippen LogP contribution is -2.41. The number of rotatable bonds is 3. The summed E-state index contributed by atoms with van der Waals surface area (Å²) < 4.78 is 16.9. The quantitative estimate of drug-likeness (QED) is 0.822. The summed E-state index contributed by atoms with van der Waals surface area (Å²) in [6.45, 7) is 8.25. The molecule has 1 aliphatic rings. The molecule has 1 aromatic heterocycles. The minimum absolute atomic E-state index is 0.151. The van der Waals surface area contributed by atoms with Crippen LogP contribution in [0, 0.1) is 0 Å². The van der Waals surface area contributed by atoms with Gasteiger partial charge >= 0.3 is 7.12 Å². The van der Waals surface area contributed by atoms with E-state index in [2.05, 4.69) is 4.98 Å². The van der Waals surface area contributed by atoms with Crippen LogP contribution in [0.5, 0.6) is 0 Å². The Morgan fingerprint density at radius 2 is 1.84 bits per heavy atom. The molecular weight excluding hydrogens is 245 g/mol. The summed E-state index contributed by atoms with van der Waals surface area (Å²) in [5.41, 5.74) is 0.423. The van der Waals surface area contributed by atoms with Gasteiger partial charge in [-0.05, 0) is 39.2 Å². The van der Waals surface area contributed by atoms with Gasteiger partial charge in [0.25, 0.3) is 5.56 Å². The molecule has 0 atom stereocenters. The fourth-order valence-electron chi connectivity index (χ4n) is 1.93. The van der Waals surface area contributed by atoms with Gasteiger partial charge in [-0.1, -0.05) is 0 Å². The number of aromatic nitrogens is 1. The number of hydrogen-bond acceptors (Lipinski definition) is 4. The van der Waals surface area contributed by atoms with Crippen molar-refractivity contribution in [3.8, 4) is 0 Å². The van der Waals surface area contributed by atoms with E-state index in [4.69, 9.17) is 14.0 Å². The van der Waals surface area contributed by atoms with Crippen LogP contribution in [0.2, 0.25) is 0 Å². The lowest BCUT2D eigenvalue weighted by atomic mass is 9.80. The van der Waals surface area contributed by atoms with E-state index in [1.807, 2.05) is 27.7 Å². The molecule has 0 saturated carbocycles. The molecule has 0 bridgehead atoms. The fraction of sp³-hybridized carbons (Fsp3) is 0.615. The zero-order valence-corrected chi connectivity index (χ0v) is 12.1. The second kappa shape index (κ2) is 4.78. The zero-order chi connectivity index (χ0) is 14.3. The molecule has 1 N–H and O–H groups in total. The first-order valence-electron chi connectivity index (χ1n) is 6.33. The number of H-pyrrole nitrogens is 1. The number of pyridine rings is 1. The third-order valence-corrected chi connectivity index (χ3v) is 3.83. The Hall–Kier alpha value is -1.11. The molecule has 0 amide bonds. The lowest BCUT2D eigenvalue weighted by molar-refractivity contribution is 0.00578. The summed E-state index contributed by atoms with van der Waals surface area (Å²) in [4.78, 5) is 14.3. The lowest BCUT2D eigenvalue weighted by Gasteiger charge is -2.32. The predicted molar refractivity (Wildman–Crippen MR) is 73.5 cm³/mol. The molecule has 0 unspecified atom stereocenters. The number of hydrogen-bond donors (Lipinski definition) is 1. The van der Waals surface area contributed by atoms with Crippen LogP contribution in [0.15, 0.2) is 17.1 Å². The summed E-state index contributed by atoms with van der Waals surface area (Å²) in [5.74, 6) is 0. The topological polar surface area (TPSA) is 60.6 Å². The van der Waals surface area contributed by atoms with Crippen LogP contribution in [-0.4, -0.2) is 30.4 Å². The highest BCUT2D eigenvalue weighted by Crippen LogP contribution is 2.36. The molecule has 19 heavy (non-hydrogen) atoms. The molecule has 2 rings (SSSR count). The molecule has 6 heteroatoms. The van der Waals surface area contributed by atoms with Crippen LogP contribution in [0.3, 0.4) is 0 Å². The van der Waals surface area contributed by atoms with E-state index in [-0.39, 0.29) is 12.2 Å². The predicted octanol–water partition coefficient (Wildman–Crippen LogP) is 0.821. The van der Waals surface area contributed by atoms with E-state index in [1.165, 1.54) is 0 Å². The smallest absolute Gasteiger partial charge is 0.399 e. The molecule has 0 aliphatic carbocycles. The van der Waals surface area contributed by atoms with Gasteiger partial charge in [-0.25, -0.2) is 0 Å². The SMILES string of the molecule is COCc1cc(B2OC(C)(C)C(C)(C)O2)c[nH]c1=O. The maximum absolute atomic E-state index is 11.6. The van der Waals surface area contributed by atoms with E-state index >= 15 is 0 Å². The Balaban J connectivity index is 2.30. The van der Waals surface area contributed by atoms with Gasteiger partial charge < -0.3 is 19.0 Å². The Morgan fingerprint density at radius 1 is 1.26 bits per heavy atom. The minimum Gasteiger partial charge on any atom is -0.399 e. The average molecular weight is 265 g/mol. The second-order valence-electron chi connectivity index (χ2n) is 5.81. The van der Waals surface area contributed by atoms with E-state index in [9.17, 15) is 4.79 Å². The van der Waals surface area contributed by atoms with Gasteiger partial charge in [0.05, 0.1) is 17.8 Å². The first-order valence-corrected chi connectivity index (χ1v) is 6.33. The minimum atomic E-state index is -0.475. The molecular formula is C13H20BNO4. The van der Waals surface area contributed by atoms with Crippen molar-refractivity contribution in [1.29, 1.82) is 0 Å². The highest BCUT2D eigenvalue weighted by atomic mass is 16.7. The van der Waals surface area contributed by atoms with Gasteiger partial charge in [-0.3, -0.25) is 4.79 Å². The third-order valence-electron chi connectivity index (χ3n) is 3.83. The second-order valence-corrected chi connectivity index (χ2v) is 5.81. The molecule has 2 heterocycles. The van der Waals surface area contributed by atoms with E-state index in [1.54, 1.807) is 19.4 Å². The maximum Gasteiger partial charge on any atom is 0.496 e. The Labute approximate surface area is 113 Å². The molecule has 0 aromatic carbocycles. The van der Waals surface area contributed by atoms with Gasteiger partial charge in [0.1, 0.15) is 0 Å². The monoisotopic (exact) mass is 265 g/mol. The van der Waals surface area contributed by atoms with Crippen molar-refractivity contribution in [2.45, 2.75) is 45.5 Å². The van der Waals surface area contributed by atoms with Crippen molar-refractivity contribution in [2.24, 2.45) is 0 Å². The third kappa shape index (κ3) is 2.61. The molecule has 0 spiro atoms. The van der Waals surface area contributed by atoms with Gasteiger partial charge in [-0.2, -0.15) is 0 Å². The van der Waals surface area contributed by atoms with Crippen LogP contribution < -0.4 is 11.0 Å². The molecule has 104 valence electrons. The maximum atomic E-state index is 11.6. The number of ether oxygens (including phenoxy) is 1. The summed E-state index contributed by atoms with van der Waals surface area (Å²) in [5, 5.41) is 0. The van der Waals surface area contributed by atoms with Crippen LogP contribution in [0.25, 0.3) is 0 Å². The average Bonchev–Trinajstić information content (AvgIpc) is 2.51. The fourth-order valence-corrected chi connectivity index (χ4v) is 1.93. The molecule has 1 saturated heterocycles. The first-order chi connectivity index (χ1) is 8.77. The molecule has 1 fully saturated rings. The normalized spacial score (nSPS) is 20.8. The summed E-state index contributed by atoms with van der Waals surface area (Å²) in [6, 6.07) is 1.77. The van der Waals surface area contributed by atoms with Crippen molar-refractivity contribution in [3.05, 3.63) is 28.2 Å². The Morgan fingerprint density at radius 3 is 2.37 bits per heavy atom. The largest absolute Gasteiger partial charge is 0.496 e.